The number of rotatable bonds is 3. The van der Waals surface area contributed by atoms with Crippen LogP contribution in [0.4, 0.5) is 0 Å². The fourth-order valence-electron chi connectivity index (χ4n) is 2.96. The van der Waals surface area contributed by atoms with Crippen LogP contribution in [-0.4, -0.2) is 58.5 Å². The van der Waals surface area contributed by atoms with Gasteiger partial charge in [-0.3, -0.25) is 14.4 Å². The van der Waals surface area contributed by atoms with Gasteiger partial charge in [-0.25, -0.2) is 0 Å². The van der Waals surface area contributed by atoms with Crippen LogP contribution in [0.3, 0.4) is 0 Å². The molecule has 2 aliphatic heterocycles. The normalized spacial score (nSPS) is 28.3. The molecule has 3 heterocycles. The Balaban J connectivity index is 1.70. The number of piperazine rings is 1. The van der Waals surface area contributed by atoms with Crippen LogP contribution < -0.4 is 10.6 Å². The Morgan fingerprint density at radius 2 is 2.30 bits per heavy atom. The quantitative estimate of drug-likeness (QED) is 0.708. The summed E-state index contributed by atoms with van der Waals surface area (Å²) in [4.78, 5) is 38.5. The first kappa shape index (κ1) is 16.2. The van der Waals surface area contributed by atoms with Crippen molar-refractivity contribution in [2.75, 3.05) is 6.54 Å². The Morgan fingerprint density at radius 1 is 1.57 bits per heavy atom. The third-order valence-corrected chi connectivity index (χ3v) is 5.43. The van der Waals surface area contributed by atoms with Gasteiger partial charge >= 0.3 is 0 Å². The smallest absolute Gasteiger partial charge is 0.263 e. The number of nitrogens with zero attached hydrogens (tertiary/aromatic N) is 1. The minimum absolute atomic E-state index is 0.245. The van der Waals surface area contributed by atoms with Gasteiger partial charge in [0.25, 0.3) is 5.91 Å². The second-order valence-electron chi connectivity index (χ2n) is 5.74. The molecule has 0 aliphatic carbocycles. The van der Waals surface area contributed by atoms with Gasteiger partial charge in [-0.05, 0) is 24.8 Å². The molecule has 2 saturated heterocycles. The lowest BCUT2D eigenvalue weighted by Gasteiger charge is -2.35. The summed E-state index contributed by atoms with van der Waals surface area (Å²) in [5, 5.41) is 17.1. The number of thiophene rings is 1. The van der Waals surface area contributed by atoms with E-state index in [1.807, 2.05) is 0 Å². The van der Waals surface area contributed by atoms with Crippen LogP contribution in [0, 0.1) is 0 Å². The number of carbonyl (C=O) groups is 3. The number of hydrogen-bond acceptors (Lipinski definition) is 5. The second-order valence-corrected chi connectivity index (χ2v) is 7.06. The number of fused-ring (bicyclic) bond motifs is 1. The van der Waals surface area contributed by atoms with Crippen molar-refractivity contribution in [2.45, 2.75) is 37.6 Å². The second kappa shape index (κ2) is 6.10. The highest BCUT2D eigenvalue weighted by molar-refractivity contribution is 7.12. The molecule has 0 unspecified atom stereocenters. The fraction of sp³-hybridized carbons (Fsp3) is 0.500. The van der Waals surface area contributed by atoms with E-state index in [1.54, 1.807) is 11.4 Å². The first-order valence-electron chi connectivity index (χ1n) is 7.21. The van der Waals surface area contributed by atoms with Gasteiger partial charge in [-0.1, -0.05) is 11.6 Å². The zero-order valence-electron chi connectivity index (χ0n) is 12.3. The van der Waals surface area contributed by atoms with Gasteiger partial charge in [-0.2, -0.15) is 0 Å². The molecule has 23 heavy (non-hydrogen) atoms. The van der Waals surface area contributed by atoms with E-state index < -0.39 is 18.2 Å². The molecule has 0 aromatic carbocycles. The Morgan fingerprint density at radius 3 is 2.91 bits per heavy atom. The summed E-state index contributed by atoms with van der Waals surface area (Å²) in [6.07, 6.45) is -0.621. The standard InChI is InChI=1S/C14H16ClN3O4S/c1-6(19)10-14(22)18-5-7(4-9(18)12(20)17-10)16-13(21)11-8(15)2-3-23-11/h2-3,6-7,9-10,19H,4-5H2,1H3,(H,16,21)(H,17,20)/t6-,7+,9+,10+/m1/s1. The van der Waals surface area contributed by atoms with E-state index in [0.717, 1.165) is 0 Å². The lowest BCUT2D eigenvalue weighted by molar-refractivity contribution is -0.149. The molecule has 1 aromatic rings. The molecule has 3 N–H and O–H groups in total. The largest absolute Gasteiger partial charge is 0.391 e. The summed E-state index contributed by atoms with van der Waals surface area (Å²) in [5.41, 5.74) is 0. The van der Waals surface area contributed by atoms with Crippen LogP contribution in [0.2, 0.25) is 5.02 Å². The minimum Gasteiger partial charge on any atom is -0.391 e. The molecular weight excluding hydrogens is 342 g/mol. The van der Waals surface area contributed by atoms with E-state index in [-0.39, 0.29) is 30.3 Å². The highest BCUT2D eigenvalue weighted by Gasteiger charge is 2.47. The molecular formula is C14H16ClN3O4S. The van der Waals surface area contributed by atoms with Crippen molar-refractivity contribution in [3.8, 4) is 0 Å². The molecule has 2 aliphatic rings. The number of hydrogen-bond donors (Lipinski definition) is 3. The molecule has 4 atom stereocenters. The summed E-state index contributed by atoms with van der Waals surface area (Å²) in [6.45, 7) is 1.70. The predicted molar refractivity (Wildman–Crippen MR) is 84.3 cm³/mol. The topological polar surface area (TPSA) is 98.7 Å². The van der Waals surface area contributed by atoms with Gasteiger partial charge in [0.05, 0.1) is 11.1 Å². The summed E-state index contributed by atoms with van der Waals surface area (Å²) in [6, 6.07) is -0.224. The molecule has 1 aromatic heterocycles. The summed E-state index contributed by atoms with van der Waals surface area (Å²) in [7, 11) is 0. The number of halogens is 1. The van der Waals surface area contributed by atoms with Crippen LogP contribution in [0.25, 0.3) is 0 Å². The average Bonchev–Trinajstić information content (AvgIpc) is 3.09. The van der Waals surface area contributed by atoms with E-state index in [4.69, 9.17) is 11.6 Å². The highest BCUT2D eigenvalue weighted by Crippen LogP contribution is 2.26. The Labute approximate surface area is 141 Å². The Kier molecular flexibility index (Phi) is 4.31. The maximum absolute atomic E-state index is 12.3. The zero-order valence-corrected chi connectivity index (χ0v) is 13.9. The number of amides is 3. The van der Waals surface area contributed by atoms with Crippen molar-refractivity contribution in [2.24, 2.45) is 0 Å². The van der Waals surface area contributed by atoms with Gasteiger partial charge in [0, 0.05) is 12.6 Å². The van der Waals surface area contributed by atoms with Crippen LogP contribution >= 0.6 is 22.9 Å². The van der Waals surface area contributed by atoms with Crippen molar-refractivity contribution in [3.63, 3.8) is 0 Å². The summed E-state index contributed by atoms with van der Waals surface area (Å²) in [5.74, 6) is -0.938. The lowest BCUT2D eigenvalue weighted by Crippen LogP contribution is -2.64. The number of carbonyl (C=O) groups excluding carboxylic acids is 3. The molecule has 0 radical (unpaired) electrons. The molecule has 9 heteroatoms. The maximum Gasteiger partial charge on any atom is 0.263 e. The third-order valence-electron chi connectivity index (χ3n) is 4.09. The van der Waals surface area contributed by atoms with Gasteiger partial charge < -0.3 is 20.6 Å². The predicted octanol–water partition coefficient (Wildman–Crippen LogP) is -0.0200. The van der Waals surface area contributed by atoms with Gasteiger partial charge in [-0.15, -0.1) is 11.3 Å². The van der Waals surface area contributed by atoms with Crippen LogP contribution in [0.15, 0.2) is 11.4 Å². The van der Waals surface area contributed by atoms with Crippen molar-refractivity contribution < 1.29 is 19.5 Å². The van der Waals surface area contributed by atoms with Crippen molar-refractivity contribution in [1.29, 1.82) is 0 Å². The number of aliphatic hydroxyl groups excluding tert-OH is 1. The Hall–Kier alpha value is -1.64. The summed E-state index contributed by atoms with van der Waals surface area (Å²) < 4.78 is 0. The van der Waals surface area contributed by atoms with E-state index >= 15 is 0 Å². The van der Waals surface area contributed by atoms with Gasteiger partial charge in [0.2, 0.25) is 11.8 Å². The molecule has 124 valence electrons. The van der Waals surface area contributed by atoms with E-state index in [2.05, 4.69) is 10.6 Å². The fourth-order valence-corrected chi connectivity index (χ4v) is 4.00. The van der Waals surface area contributed by atoms with E-state index in [1.165, 1.54) is 23.2 Å². The molecule has 0 saturated carbocycles. The van der Waals surface area contributed by atoms with Gasteiger partial charge in [0.15, 0.2) is 0 Å². The van der Waals surface area contributed by atoms with Crippen molar-refractivity contribution in [3.05, 3.63) is 21.3 Å². The summed E-state index contributed by atoms with van der Waals surface area (Å²) >= 11 is 7.17. The highest BCUT2D eigenvalue weighted by atomic mass is 35.5. The lowest BCUT2D eigenvalue weighted by atomic mass is 10.0. The minimum atomic E-state index is -0.967. The average molecular weight is 358 g/mol. The molecule has 7 nitrogen and oxygen atoms in total. The first-order valence-corrected chi connectivity index (χ1v) is 8.47. The maximum atomic E-state index is 12.3. The van der Waals surface area contributed by atoms with Crippen molar-refractivity contribution in [1.82, 2.24) is 15.5 Å². The number of nitrogens with one attached hydrogen (secondary N) is 2. The van der Waals surface area contributed by atoms with E-state index in [0.29, 0.717) is 16.3 Å². The number of aliphatic hydroxyl groups is 1. The van der Waals surface area contributed by atoms with Crippen LogP contribution in [0.5, 0.6) is 0 Å². The Bertz CT molecular complexity index is 662. The molecule has 3 amide bonds. The SMILES string of the molecule is C[C@@H](O)[C@@H]1NC(=O)[C@@H]2C[C@H](NC(=O)c3sccc3Cl)CN2C1=O. The van der Waals surface area contributed by atoms with Crippen LogP contribution in [-0.2, 0) is 9.59 Å². The monoisotopic (exact) mass is 357 g/mol. The zero-order chi connectivity index (χ0) is 16.7. The van der Waals surface area contributed by atoms with Crippen molar-refractivity contribution >= 4 is 40.7 Å². The molecule has 0 bridgehead atoms. The molecule has 2 fully saturated rings. The van der Waals surface area contributed by atoms with Crippen LogP contribution in [0.1, 0.15) is 23.0 Å². The molecule has 0 spiro atoms. The first-order chi connectivity index (χ1) is 10.9. The third kappa shape index (κ3) is 2.93. The molecule has 3 rings (SSSR count). The van der Waals surface area contributed by atoms with E-state index in [9.17, 15) is 19.5 Å². The van der Waals surface area contributed by atoms with Gasteiger partial charge in [0.1, 0.15) is 17.0 Å².